The average molecular weight is 389 g/mol. The van der Waals surface area contributed by atoms with Crippen LogP contribution in [0.25, 0.3) is 11.0 Å². The van der Waals surface area contributed by atoms with Crippen molar-refractivity contribution in [2.24, 2.45) is 0 Å². The molecule has 0 amide bonds. The Labute approximate surface area is 138 Å². The Balaban J connectivity index is 2.04. The largest absolute Gasteiger partial charge is 0.326 e. The van der Waals surface area contributed by atoms with Crippen LogP contribution in [-0.4, -0.2) is 14.5 Å². The van der Waals surface area contributed by atoms with E-state index < -0.39 is 0 Å². The quantitative estimate of drug-likeness (QED) is 0.593. The molecule has 3 nitrogen and oxygen atoms in total. The number of aromatic nitrogens is 3. The number of hydrogen-bond donors (Lipinski definition) is 0. The van der Waals surface area contributed by atoms with Crippen LogP contribution in [0.1, 0.15) is 23.8 Å². The molecule has 0 aliphatic heterocycles. The third-order valence-electron chi connectivity index (χ3n) is 3.25. The van der Waals surface area contributed by atoms with Crippen molar-refractivity contribution in [3.63, 3.8) is 0 Å². The molecule has 2 heterocycles. The van der Waals surface area contributed by atoms with Gasteiger partial charge in [0.05, 0.1) is 32.1 Å². The Morgan fingerprint density at radius 2 is 2.29 bits per heavy atom. The molecule has 2 aromatic heterocycles. The summed E-state index contributed by atoms with van der Waals surface area (Å²) in [7, 11) is 0. The summed E-state index contributed by atoms with van der Waals surface area (Å²) in [6, 6.07) is 3.18. The van der Waals surface area contributed by atoms with Gasteiger partial charge in [0.25, 0.3) is 0 Å². The molecule has 0 aliphatic rings. The second-order valence-electron chi connectivity index (χ2n) is 4.72. The van der Waals surface area contributed by atoms with Crippen molar-refractivity contribution < 1.29 is 4.39 Å². The van der Waals surface area contributed by atoms with Gasteiger partial charge in [-0.1, -0.05) is 0 Å². The summed E-state index contributed by atoms with van der Waals surface area (Å²) < 4.78 is 16.2. The van der Waals surface area contributed by atoms with Crippen LogP contribution in [0.5, 0.6) is 0 Å². The third kappa shape index (κ3) is 2.98. The highest BCUT2D eigenvalue weighted by molar-refractivity contribution is 9.10. The number of nitrogens with zero attached hydrogens (tertiary/aromatic N) is 3. The maximum atomic E-state index is 13.8. The molecule has 21 heavy (non-hydrogen) atoms. The van der Waals surface area contributed by atoms with Crippen LogP contribution in [0.15, 0.2) is 27.5 Å². The van der Waals surface area contributed by atoms with Crippen LogP contribution in [0.4, 0.5) is 4.39 Å². The summed E-state index contributed by atoms with van der Waals surface area (Å²) in [5, 5.41) is 1.77. The summed E-state index contributed by atoms with van der Waals surface area (Å²) >= 11 is 11.0. The highest BCUT2D eigenvalue weighted by atomic mass is 79.9. The number of halogens is 3. The first-order valence-corrected chi connectivity index (χ1v) is 8.60. The maximum Gasteiger partial charge on any atom is 0.139 e. The van der Waals surface area contributed by atoms with E-state index in [2.05, 4.69) is 25.9 Å². The molecule has 1 unspecified atom stereocenters. The second kappa shape index (κ2) is 6.02. The first-order valence-electron chi connectivity index (χ1n) is 6.42. The molecular formula is C14H12BrClFN3S. The van der Waals surface area contributed by atoms with E-state index in [0.29, 0.717) is 11.0 Å². The Morgan fingerprint density at radius 1 is 1.48 bits per heavy atom. The van der Waals surface area contributed by atoms with E-state index in [1.807, 2.05) is 22.4 Å². The fraction of sp³-hybridized carbons (Fsp3) is 0.286. The Kier molecular flexibility index (Phi) is 4.28. The summed E-state index contributed by atoms with van der Waals surface area (Å²) in [5.41, 5.74) is 4.33. The lowest BCUT2D eigenvalue weighted by Gasteiger charge is -2.09. The molecule has 3 aromatic rings. The minimum atomic E-state index is -0.300. The van der Waals surface area contributed by atoms with Gasteiger partial charge in [-0.2, -0.15) is 0 Å². The zero-order valence-electron chi connectivity index (χ0n) is 11.2. The van der Waals surface area contributed by atoms with Gasteiger partial charge >= 0.3 is 0 Å². The van der Waals surface area contributed by atoms with Gasteiger partial charge < -0.3 is 4.57 Å². The fourth-order valence-electron chi connectivity index (χ4n) is 2.26. The van der Waals surface area contributed by atoms with E-state index in [1.165, 1.54) is 6.07 Å². The van der Waals surface area contributed by atoms with Crippen LogP contribution in [0, 0.1) is 5.82 Å². The second-order valence-corrected chi connectivity index (χ2v) is 6.95. The molecule has 3 rings (SSSR count). The number of hydrogen-bond acceptors (Lipinski definition) is 3. The topological polar surface area (TPSA) is 30.7 Å². The molecule has 0 bridgehead atoms. The lowest BCUT2D eigenvalue weighted by molar-refractivity contribution is 0.619. The summed E-state index contributed by atoms with van der Waals surface area (Å²) in [4.78, 5) is 8.80. The highest BCUT2D eigenvalue weighted by Gasteiger charge is 2.17. The van der Waals surface area contributed by atoms with Crippen molar-refractivity contribution >= 4 is 49.9 Å². The minimum absolute atomic E-state index is 0.241. The molecule has 0 fully saturated rings. The van der Waals surface area contributed by atoms with Crippen molar-refractivity contribution in [3.05, 3.63) is 44.8 Å². The molecule has 0 saturated heterocycles. The summed E-state index contributed by atoms with van der Waals surface area (Å²) in [6.45, 7) is 2.54. The standard InChI is InChI=1S/C14H12BrClFN3S/c1-8(16)14-19-12-4-10(15)11(17)5-13(12)20(14)3-2-9-6-21-7-18-9/h4-8H,2-3H2,1H3. The van der Waals surface area contributed by atoms with Gasteiger partial charge in [-0.25, -0.2) is 14.4 Å². The van der Waals surface area contributed by atoms with E-state index in [-0.39, 0.29) is 11.2 Å². The lowest BCUT2D eigenvalue weighted by Crippen LogP contribution is -2.07. The fourth-order valence-corrected chi connectivity index (χ4v) is 3.36. The van der Waals surface area contributed by atoms with E-state index >= 15 is 0 Å². The van der Waals surface area contributed by atoms with E-state index in [0.717, 1.165) is 29.0 Å². The van der Waals surface area contributed by atoms with E-state index in [9.17, 15) is 4.39 Å². The average Bonchev–Trinajstić information content (AvgIpc) is 3.05. The number of rotatable bonds is 4. The van der Waals surface area contributed by atoms with Crippen LogP contribution in [0.2, 0.25) is 0 Å². The molecule has 110 valence electrons. The minimum Gasteiger partial charge on any atom is -0.326 e. The summed E-state index contributed by atoms with van der Waals surface area (Å²) in [6.07, 6.45) is 0.767. The lowest BCUT2D eigenvalue weighted by atomic mass is 10.3. The van der Waals surface area contributed by atoms with Gasteiger partial charge in [0.1, 0.15) is 11.6 Å². The van der Waals surface area contributed by atoms with Crippen LogP contribution in [0.3, 0.4) is 0 Å². The van der Waals surface area contributed by atoms with Gasteiger partial charge in [0.2, 0.25) is 0 Å². The highest BCUT2D eigenvalue weighted by Crippen LogP contribution is 2.28. The van der Waals surface area contributed by atoms with Crippen LogP contribution in [-0.2, 0) is 13.0 Å². The molecule has 7 heteroatoms. The molecular weight excluding hydrogens is 377 g/mol. The first-order chi connectivity index (χ1) is 10.1. The number of aryl methyl sites for hydroxylation is 2. The number of thiazole rings is 1. The Morgan fingerprint density at radius 3 is 2.95 bits per heavy atom. The molecule has 1 atom stereocenters. The number of benzene rings is 1. The normalized spacial score (nSPS) is 13.0. The zero-order chi connectivity index (χ0) is 15.0. The van der Waals surface area contributed by atoms with Gasteiger partial charge in [-0.15, -0.1) is 22.9 Å². The SMILES string of the molecule is CC(Cl)c1nc2cc(Br)c(F)cc2n1CCc1cscn1. The third-order valence-corrected chi connectivity index (χ3v) is 4.69. The van der Waals surface area contributed by atoms with Gasteiger partial charge in [0.15, 0.2) is 0 Å². The predicted molar refractivity (Wildman–Crippen MR) is 87.5 cm³/mol. The first kappa shape index (κ1) is 14.9. The maximum absolute atomic E-state index is 13.8. The number of fused-ring (bicyclic) bond motifs is 1. The molecule has 0 spiro atoms. The predicted octanol–water partition coefficient (Wildman–Crippen LogP) is 4.94. The van der Waals surface area contributed by atoms with Crippen molar-refractivity contribution in [2.45, 2.75) is 25.3 Å². The van der Waals surface area contributed by atoms with Crippen molar-refractivity contribution in [1.82, 2.24) is 14.5 Å². The van der Waals surface area contributed by atoms with Gasteiger partial charge in [-0.3, -0.25) is 0 Å². The van der Waals surface area contributed by atoms with Gasteiger partial charge in [0, 0.05) is 24.4 Å². The molecule has 1 aromatic carbocycles. The van der Waals surface area contributed by atoms with Crippen LogP contribution < -0.4 is 0 Å². The Bertz CT molecular complexity index is 770. The molecule has 0 N–H and O–H groups in total. The number of imidazole rings is 1. The molecule has 0 radical (unpaired) electrons. The molecule has 0 saturated carbocycles. The Hall–Kier alpha value is -0.980. The summed E-state index contributed by atoms with van der Waals surface area (Å²) in [5.74, 6) is 0.450. The smallest absolute Gasteiger partial charge is 0.139 e. The van der Waals surface area contributed by atoms with Crippen molar-refractivity contribution in [1.29, 1.82) is 0 Å². The van der Waals surface area contributed by atoms with E-state index in [4.69, 9.17) is 11.6 Å². The van der Waals surface area contributed by atoms with E-state index in [1.54, 1.807) is 17.4 Å². The van der Waals surface area contributed by atoms with Crippen molar-refractivity contribution in [3.8, 4) is 0 Å². The van der Waals surface area contributed by atoms with Crippen LogP contribution >= 0.6 is 38.9 Å². The van der Waals surface area contributed by atoms with Gasteiger partial charge in [-0.05, 0) is 28.9 Å². The monoisotopic (exact) mass is 387 g/mol. The zero-order valence-corrected chi connectivity index (χ0v) is 14.3. The molecule has 0 aliphatic carbocycles. The van der Waals surface area contributed by atoms with Crippen molar-refractivity contribution in [2.75, 3.05) is 0 Å². The number of alkyl halides is 1.